The van der Waals surface area contributed by atoms with Crippen molar-refractivity contribution in [1.82, 2.24) is 19.9 Å². The fourth-order valence-electron chi connectivity index (χ4n) is 5.99. The van der Waals surface area contributed by atoms with Gasteiger partial charge in [-0.15, -0.1) is 0 Å². The first kappa shape index (κ1) is 30.2. The fraction of sp³-hybridized carbons (Fsp3) is 0.200. The fourth-order valence-corrected chi connectivity index (χ4v) is 5.99. The third-order valence-corrected chi connectivity index (χ3v) is 8.51. The van der Waals surface area contributed by atoms with Gasteiger partial charge >= 0.3 is 0 Å². The number of fused-ring (bicyclic) bond motifs is 8. The Hall–Kier alpha value is -5.18. The first-order valence-electron chi connectivity index (χ1n) is 16.6. The molecule has 0 saturated heterocycles. The van der Waals surface area contributed by atoms with E-state index in [-0.39, 0.29) is 24.3 Å². The summed E-state index contributed by atoms with van der Waals surface area (Å²) in [4.78, 5) is 16.5. The van der Waals surface area contributed by atoms with Crippen LogP contribution in [0.2, 0.25) is 0 Å². The molecule has 6 nitrogen and oxygen atoms in total. The van der Waals surface area contributed by atoms with Gasteiger partial charge in [0.25, 0.3) is 0 Å². The van der Waals surface area contributed by atoms with Gasteiger partial charge < -0.3 is 19.4 Å². The van der Waals surface area contributed by atoms with Crippen LogP contribution < -0.4 is 0 Å². The molecule has 2 atom stereocenters. The highest BCUT2D eigenvalue weighted by atomic mass is 19.1. The molecular formula is C40H36F2N4O2. The molecular weight excluding hydrogens is 606 g/mol. The molecule has 0 amide bonds. The van der Waals surface area contributed by atoms with Crippen LogP contribution in [0.25, 0.3) is 46.4 Å². The first-order valence-corrected chi connectivity index (χ1v) is 16.1. The van der Waals surface area contributed by atoms with Gasteiger partial charge in [0.1, 0.15) is 11.6 Å². The minimum atomic E-state index is -0.463. The molecule has 0 radical (unpaired) electrons. The maximum Gasteiger partial charge on any atom is 0.126 e. The highest BCUT2D eigenvalue weighted by molar-refractivity contribution is 5.79. The standard InChI is InChI=1S/C40H36F2N4O2/c1-25(47-17-15-27-7-3-5-9-37(27)41)35-21-33-20-31-12-11-29(43-31)19-30-13-14-32(44-30)23-39-36(22-34(46-39)24-40(35)45-33)26(2)48-18-16-28-8-4-6-10-38(28)42/h3-14,19-26,45-46H,15-18H2,1-2H3/i21D. The molecule has 5 aromatic rings. The summed E-state index contributed by atoms with van der Waals surface area (Å²) in [6, 6.07) is 23.5. The van der Waals surface area contributed by atoms with E-state index in [4.69, 9.17) is 19.4 Å². The van der Waals surface area contributed by atoms with Crippen molar-refractivity contribution >= 4 is 46.4 Å². The zero-order valence-corrected chi connectivity index (χ0v) is 26.8. The van der Waals surface area contributed by atoms with Crippen LogP contribution in [0, 0.1) is 11.6 Å². The summed E-state index contributed by atoms with van der Waals surface area (Å²) in [5.74, 6) is -0.500. The molecule has 5 heterocycles. The summed E-state index contributed by atoms with van der Waals surface area (Å²) in [5, 5.41) is 0. The summed E-state index contributed by atoms with van der Waals surface area (Å²) in [6.45, 7) is 4.52. The summed E-state index contributed by atoms with van der Waals surface area (Å²) < 4.78 is 50.1. The lowest BCUT2D eigenvalue weighted by atomic mass is 10.1. The van der Waals surface area contributed by atoms with E-state index in [1.54, 1.807) is 24.3 Å². The number of H-pyrrole nitrogens is 2. The topological polar surface area (TPSA) is 75.8 Å². The Bertz CT molecular complexity index is 2240. The van der Waals surface area contributed by atoms with Crippen LogP contribution in [0.5, 0.6) is 0 Å². The van der Waals surface area contributed by atoms with Gasteiger partial charge in [-0.1, -0.05) is 36.4 Å². The Balaban J connectivity index is 1.29. The summed E-state index contributed by atoms with van der Waals surface area (Å²) in [5.41, 5.74) is 8.75. The molecule has 0 spiro atoms. The van der Waals surface area contributed by atoms with Gasteiger partial charge in [-0.05, 0) is 111 Å². The van der Waals surface area contributed by atoms with Crippen molar-refractivity contribution < 1.29 is 19.6 Å². The lowest BCUT2D eigenvalue weighted by Crippen LogP contribution is -2.04. The number of benzene rings is 2. The highest BCUT2D eigenvalue weighted by Crippen LogP contribution is 2.29. The second-order valence-electron chi connectivity index (χ2n) is 12.0. The highest BCUT2D eigenvalue weighted by Gasteiger charge is 2.15. The van der Waals surface area contributed by atoms with Gasteiger partial charge in [0.05, 0.1) is 49.6 Å². The van der Waals surface area contributed by atoms with Crippen molar-refractivity contribution in [2.24, 2.45) is 0 Å². The second-order valence-corrected chi connectivity index (χ2v) is 12.0. The maximum absolute atomic E-state index is 14.3. The summed E-state index contributed by atoms with van der Waals surface area (Å²) in [6.07, 6.45) is 7.83. The van der Waals surface area contributed by atoms with E-state index in [0.29, 0.717) is 58.9 Å². The third kappa shape index (κ3) is 7.20. The van der Waals surface area contributed by atoms with E-state index >= 15 is 0 Å². The molecule has 242 valence electrons. The second kappa shape index (κ2) is 13.9. The molecule has 2 aromatic carbocycles. The van der Waals surface area contributed by atoms with Gasteiger partial charge in [0.15, 0.2) is 0 Å². The smallest absolute Gasteiger partial charge is 0.126 e. The number of hydrogen-bond acceptors (Lipinski definition) is 4. The monoisotopic (exact) mass is 643 g/mol. The van der Waals surface area contributed by atoms with Crippen LogP contribution in [0.3, 0.4) is 0 Å². The van der Waals surface area contributed by atoms with Crippen molar-refractivity contribution in [3.05, 3.63) is 142 Å². The van der Waals surface area contributed by atoms with Crippen LogP contribution >= 0.6 is 0 Å². The number of nitrogens with one attached hydrogen (secondary N) is 2. The van der Waals surface area contributed by atoms with Crippen LogP contribution in [0.1, 0.15) is 72.5 Å². The Morgan fingerprint density at radius 2 is 1.12 bits per heavy atom. The normalized spacial score (nSPS) is 13.9. The van der Waals surface area contributed by atoms with E-state index in [1.165, 1.54) is 12.1 Å². The van der Waals surface area contributed by atoms with Gasteiger partial charge in [0, 0.05) is 33.2 Å². The number of halogens is 2. The molecule has 2 N–H and O–H groups in total. The largest absolute Gasteiger partial charge is 0.373 e. The number of ether oxygens (including phenoxy) is 2. The Morgan fingerprint density at radius 1 is 0.625 bits per heavy atom. The minimum Gasteiger partial charge on any atom is -0.373 e. The molecule has 8 heteroatoms. The van der Waals surface area contributed by atoms with E-state index in [9.17, 15) is 10.2 Å². The number of rotatable bonds is 10. The average molecular weight is 644 g/mol. The van der Waals surface area contributed by atoms with Crippen LogP contribution in [-0.4, -0.2) is 33.1 Å². The summed E-state index contributed by atoms with van der Waals surface area (Å²) in [7, 11) is 0. The Labute approximate surface area is 279 Å². The molecule has 48 heavy (non-hydrogen) atoms. The van der Waals surface area contributed by atoms with Crippen LogP contribution in [0.4, 0.5) is 8.78 Å². The molecule has 0 aliphatic carbocycles. The SMILES string of the molecule is [2H]c1c(C(C)OCCc2ccccc2F)c2cc3cc(C(C)OCCc4ccccc4F)c(cc4nc(cc5nc(cc1[nH]2)C=C5)C=C4)[nH]3. The minimum absolute atomic E-state index is 0.240. The molecule has 3 aromatic heterocycles. The van der Waals surface area contributed by atoms with Crippen LogP contribution in [0.15, 0.2) is 84.9 Å². The number of aromatic amines is 2. The zero-order chi connectivity index (χ0) is 33.9. The first-order chi connectivity index (χ1) is 23.8. The van der Waals surface area contributed by atoms with E-state index in [1.807, 2.05) is 80.6 Å². The van der Waals surface area contributed by atoms with Crippen LogP contribution in [-0.2, 0) is 22.3 Å². The lowest BCUT2D eigenvalue weighted by molar-refractivity contribution is 0.0686. The van der Waals surface area contributed by atoms with E-state index in [0.717, 1.165) is 33.7 Å². The lowest BCUT2D eigenvalue weighted by Gasteiger charge is -2.13. The molecule has 7 rings (SSSR count). The zero-order valence-electron chi connectivity index (χ0n) is 27.8. The predicted octanol–water partition coefficient (Wildman–Crippen LogP) is 9.57. The Morgan fingerprint density at radius 3 is 1.73 bits per heavy atom. The molecule has 2 aliphatic heterocycles. The molecule has 0 saturated carbocycles. The number of hydrogen-bond donors (Lipinski definition) is 2. The van der Waals surface area contributed by atoms with Gasteiger partial charge in [-0.2, -0.15) is 0 Å². The van der Waals surface area contributed by atoms with Crippen molar-refractivity contribution in [3.8, 4) is 0 Å². The van der Waals surface area contributed by atoms with Gasteiger partial charge in [-0.3, -0.25) is 0 Å². The van der Waals surface area contributed by atoms with E-state index in [2.05, 4.69) is 9.97 Å². The van der Waals surface area contributed by atoms with Gasteiger partial charge in [-0.25, -0.2) is 18.7 Å². The predicted molar refractivity (Wildman–Crippen MR) is 188 cm³/mol. The van der Waals surface area contributed by atoms with E-state index < -0.39 is 6.10 Å². The van der Waals surface area contributed by atoms with Crippen molar-refractivity contribution in [2.45, 2.75) is 38.9 Å². The van der Waals surface area contributed by atoms with Crippen molar-refractivity contribution in [3.63, 3.8) is 0 Å². The van der Waals surface area contributed by atoms with Gasteiger partial charge in [0.2, 0.25) is 0 Å². The molecule has 2 aliphatic rings. The maximum atomic E-state index is 14.3. The molecule has 0 fully saturated rings. The molecule has 2 unspecified atom stereocenters. The Kier molecular flexibility index (Phi) is 8.73. The molecule has 8 bridgehead atoms. The average Bonchev–Trinajstić information content (AvgIpc) is 3.87. The number of nitrogens with zero attached hydrogens (tertiary/aromatic N) is 2. The quantitative estimate of drug-likeness (QED) is 0.156. The third-order valence-electron chi connectivity index (χ3n) is 8.51. The summed E-state index contributed by atoms with van der Waals surface area (Å²) >= 11 is 0. The number of aromatic nitrogens is 4. The van der Waals surface area contributed by atoms with Crippen molar-refractivity contribution in [1.29, 1.82) is 0 Å². The van der Waals surface area contributed by atoms with Crippen molar-refractivity contribution in [2.75, 3.05) is 13.2 Å².